The fraction of sp³-hybridized carbons (Fsp3) is 0.312. The Kier molecular flexibility index (Phi) is 4.78. The van der Waals surface area contributed by atoms with Gasteiger partial charge in [0, 0.05) is 10.6 Å². The molecule has 1 N–H and O–H groups in total. The van der Waals surface area contributed by atoms with Crippen molar-refractivity contribution in [3.63, 3.8) is 0 Å². The normalized spacial score (nSPS) is 10.7. The summed E-state index contributed by atoms with van der Waals surface area (Å²) in [5.74, 6) is 0.553. The minimum atomic E-state index is 0.543. The first-order valence-corrected chi connectivity index (χ1v) is 7.79. The van der Waals surface area contributed by atoms with Crippen molar-refractivity contribution in [2.45, 2.75) is 26.7 Å². The summed E-state index contributed by atoms with van der Waals surface area (Å²) in [6.07, 6.45) is 0. The Morgan fingerprint density at radius 3 is 2.45 bits per heavy atom. The Bertz CT molecular complexity index is 599. The number of hydrogen-bond acceptors (Lipinski definition) is 4. The van der Waals surface area contributed by atoms with Gasteiger partial charge in [-0.05, 0) is 48.8 Å². The standard InChI is InChI=1S/C16H19NOS2/c1-10(2)12-5-7-13(8-6-12)17-14-9-15(16(19)18-4)20-11(14)3/h5-10,17H,1-4H3. The van der Waals surface area contributed by atoms with Gasteiger partial charge in [0.1, 0.15) is 0 Å². The van der Waals surface area contributed by atoms with Crippen LogP contribution in [0, 0.1) is 6.92 Å². The van der Waals surface area contributed by atoms with Crippen LogP contribution < -0.4 is 5.32 Å². The maximum absolute atomic E-state index is 5.17. The average Bonchev–Trinajstić information content (AvgIpc) is 2.80. The first-order chi connectivity index (χ1) is 9.51. The van der Waals surface area contributed by atoms with Gasteiger partial charge in [0.2, 0.25) is 5.05 Å². The van der Waals surface area contributed by atoms with Gasteiger partial charge in [-0.3, -0.25) is 0 Å². The monoisotopic (exact) mass is 305 g/mol. The first kappa shape index (κ1) is 15.0. The Labute approximate surface area is 129 Å². The van der Waals surface area contributed by atoms with Crippen molar-refractivity contribution in [2.75, 3.05) is 12.4 Å². The van der Waals surface area contributed by atoms with Crippen LogP contribution in [0.4, 0.5) is 11.4 Å². The van der Waals surface area contributed by atoms with E-state index >= 15 is 0 Å². The highest BCUT2D eigenvalue weighted by atomic mass is 32.1. The topological polar surface area (TPSA) is 21.3 Å². The summed E-state index contributed by atoms with van der Waals surface area (Å²) in [6, 6.07) is 10.6. The van der Waals surface area contributed by atoms with Crippen LogP contribution in [0.15, 0.2) is 30.3 Å². The lowest BCUT2D eigenvalue weighted by Crippen LogP contribution is -1.95. The molecule has 4 heteroatoms. The molecule has 0 bridgehead atoms. The van der Waals surface area contributed by atoms with E-state index in [0.717, 1.165) is 16.3 Å². The number of aryl methyl sites for hydroxylation is 1. The first-order valence-electron chi connectivity index (χ1n) is 6.57. The molecule has 106 valence electrons. The molecule has 20 heavy (non-hydrogen) atoms. The minimum Gasteiger partial charge on any atom is -0.486 e. The van der Waals surface area contributed by atoms with E-state index < -0.39 is 0 Å². The lowest BCUT2D eigenvalue weighted by molar-refractivity contribution is 0.417. The summed E-state index contributed by atoms with van der Waals surface area (Å²) < 4.78 is 5.11. The third-order valence-electron chi connectivity index (χ3n) is 3.16. The molecule has 0 aliphatic rings. The van der Waals surface area contributed by atoms with Crippen molar-refractivity contribution in [3.8, 4) is 0 Å². The molecule has 0 atom stereocenters. The highest BCUT2D eigenvalue weighted by Crippen LogP contribution is 2.30. The number of methoxy groups -OCH3 is 1. The molecule has 0 fully saturated rings. The molecule has 0 amide bonds. The average molecular weight is 305 g/mol. The maximum Gasteiger partial charge on any atom is 0.201 e. The number of rotatable bonds is 4. The zero-order chi connectivity index (χ0) is 14.7. The summed E-state index contributed by atoms with van der Waals surface area (Å²) in [6.45, 7) is 6.48. The number of thiocarbonyl (C=S) groups is 1. The molecular weight excluding hydrogens is 286 g/mol. The van der Waals surface area contributed by atoms with Gasteiger partial charge in [0.25, 0.3) is 0 Å². The van der Waals surface area contributed by atoms with Gasteiger partial charge in [0.05, 0.1) is 17.7 Å². The van der Waals surface area contributed by atoms with E-state index in [2.05, 4.69) is 50.4 Å². The third-order valence-corrected chi connectivity index (χ3v) is 4.73. The maximum atomic E-state index is 5.17. The number of thiophene rings is 1. The van der Waals surface area contributed by atoms with Crippen LogP contribution in [-0.2, 0) is 4.74 Å². The van der Waals surface area contributed by atoms with Crippen molar-refractivity contribution < 1.29 is 4.74 Å². The van der Waals surface area contributed by atoms with Gasteiger partial charge in [-0.25, -0.2) is 0 Å². The number of nitrogens with one attached hydrogen (secondary N) is 1. The molecule has 0 radical (unpaired) electrons. The number of benzene rings is 1. The number of hydrogen-bond donors (Lipinski definition) is 1. The molecule has 0 saturated heterocycles. The van der Waals surface area contributed by atoms with Crippen molar-refractivity contribution >= 4 is 40.0 Å². The molecule has 2 rings (SSSR count). The van der Waals surface area contributed by atoms with Crippen LogP contribution in [0.1, 0.15) is 35.1 Å². The van der Waals surface area contributed by atoms with E-state index in [-0.39, 0.29) is 0 Å². The van der Waals surface area contributed by atoms with Gasteiger partial charge < -0.3 is 10.1 Å². The Balaban J connectivity index is 2.17. The van der Waals surface area contributed by atoms with E-state index in [0.29, 0.717) is 11.0 Å². The Hall–Kier alpha value is -1.39. The fourth-order valence-corrected chi connectivity index (χ4v) is 2.99. The molecule has 2 aromatic rings. The SMILES string of the molecule is COC(=S)c1cc(Nc2ccc(C(C)C)cc2)c(C)s1. The predicted octanol–water partition coefficient (Wildman–Crippen LogP) is 5.25. The van der Waals surface area contributed by atoms with Crippen molar-refractivity contribution in [3.05, 3.63) is 45.6 Å². The van der Waals surface area contributed by atoms with Gasteiger partial charge >= 0.3 is 0 Å². The highest BCUT2D eigenvalue weighted by Gasteiger charge is 2.10. The van der Waals surface area contributed by atoms with Crippen LogP contribution in [0.5, 0.6) is 0 Å². The van der Waals surface area contributed by atoms with Crippen molar-refractivity contribution in [1.29, 1.82) is 0 Å². The molecule has 0 aliphatic carbocycles. The zero-order valence-corrected chi connectivity index (χ0v) is 13.8. The van der Waals surface area contributed by atoms with E-state index in [4.69, 9.17) is 17.0 Å². The van der Waals surface area contributed by atoms with Gasteiger partial charge in [0.15, 0.2) is 0 Å². The summed E-state index contributed by atoms with van der Waals surface area (Å²) >= 11 is 6.81. The summed E-state index contributed by atoms with van der Waals surface area (Å²) in [4.78, 5) is 2.19. The van der Waals surface area contributed by atoms with Crippen molar-refractivity contribution in [1.82, 2.24) is 0 Å². The quantitative estimate of drug-likeness (QED) is 0.780. The van der Waals surface area contributed by atoms with E-state index in [1.54, 1.807) is 18.4 Å². The molecule has 1 heterocycles. The fourth-order valence-electron chi connectivity index (χ4n) is 1.91. The second-order valence-corrected chi connectivity index (χ2v) is 6.60. The second kappa shape index (κ2) is 6.37. The van der Waals surface area contributed by atoms with Crippen molar-refractivity contribution in [2.24, 2.45) is 0 Å². The third kappa shape index (κ3) is 3.38. The lowest BCUT2D eigenvalue weighted by atomic mass is 10.0. The van der Waals surface area contributed by atoms with E-state index in [9.17, 15) is 0 Å². The molecule has 0 aliphatic heterocycles. The van der Waals surface area contributed by atoms with Crippen LogP contribution in [0.2, 0.25) is 0 Å². The van der Waals surface area contributed by atoms with Crippen LogP contribution >= 0.6 is 23.6 Å². The summed E-state index contributed by atoms with van der Waals surface area (Å²) in [5, 5.41) is 3.98. The summed E-state index contributed by atoms with van der Waals surface area (Å²) in [7, 11) is 1.61. The molecule has 1 aromatic carbocycles. The molecule has 1 aromatic heterocycles. The minimum absolute atomic E-state index is 0.543. The molecule has 2 nitrogen and oxygen atoms in total. The lowest BCUT2D eigenvalue weighted by Gasteiger charge is -2.08. The predicted molar refractivity (Wildman–Crippen MR) is 91.6 cm³/mol. The highest BCUT2D eigenvalue weighted by molar-refractivity contribution is 7.80. The second-order valence-electron chi connectivity index (χ2n) is 4.97. The Morgan fingerprint density at radius 1 is 1.25 bits per heavy atom. The molecule has 0 spiro atoms. The summed E-state index contributed by atoms with van der Waals surface area (Å²) in [5.41, 5.74) is 3.52. The van der Waals surface area contributed by atoms with Crippen LogP contribution in [0.3, 0.4) is 0 Å². The zero-order valence-electron chi connectivity index (χ0n) is 12.2. The van der Waals surface area contributed by atoms with E-state index in [1.807, 2.05) is 6.07 Å². The number of anilines is 2. The van der Waals surface area contributed by atoms with Gasteiger partial charge in [-0.15, -0.1) is 11.3 Å². The largest absolute Gasteiger partial charge is 0.486 e. The Morgan fingerprint density at radius 2 is 1.90 bits per heavy atom. The molecule has 0 unspecified atom stereocenters. The van der Waals surface area contributed by atoms with Gasteiger partial charge in [-0.1, -0.05) is 26.0 Å². The van der Waals surface area contributed by atoms with Gasteiger partial charge in [-0.2, -0.15) is 0 Å². The number of ether oxygens (including phenoxy) is 1. The molecular formula is C16H19NOS2. The van der Waals surface area contributed by atoms with Crippen LogP contribution in [0.25, 0.3) is 0 Å². The van der Waals surface area contributed by atoms with E-state index in [1.165, 1.54) is 10.4 Å². The molecule has 0 saturated carbocycles. The van der Waals surface area contributed by atoms with Crippen LogP contribution in [-0.4, -0.2) is 12.2 Å². The smallest absolute Gasteiger partial charge is 0.201 e.